The number of benzene rings is 1. The van der Waals surface area contributed by atoms with E-state index in [0.717, 1.165) is 12.1 Å². The number of hydrogen-bond donors (Lipinski definition) is 1. The van der Waals surface area contributed by atoms with Gasteiger partial charge in [-0.2, -0.15) is 11.8 Å². The van der Waals surface area contributed by atoms with E-state index < -0.39 is 22.4 Å². The monoisotopic (exact) mass is 251 g/mol. The van der Waals surface area contributed by atoms with E-state index in [0.29, 0.717) is 5.75 Å². The van der Waals surface area contributed by atoms with Crippen molar-refractivity contribution in [3.63, 3.8) is 0 Å². The largest absolute Gasteiger partial charge is 0.399 e. The van der Waals surface area contributed by atoms with Gasteiger partial charge in [-0.05, 0) is 18.4 Å². The number of hydrogen-bond acceptors (Lipinski definition) is 3. The predicted octanol–water partition coefficient (Wildman–Crippen LogP) is 2.02. The minimum absolute atomic E-state index is 0.00406. The number of thioether (sulfide) groups is 1. The predicted molar refractivity (Wildman–Crippen MR) is 60.4 cm³/mol. The van der Waals surface area contributed by atoms with Gasteiger partial charge >= 0.3 is 0 Å². The molecule has 0 bridgehead atoms. The molecule has 0 radical (unpaired) electrons. The van der Waals surface area contributed by atoms with Crippen LogP contribution in [0, 0.1) is 11.6 Å². The molecule has 0 saturated carbocycles. The molecule has 6 heteroatoms. The Balaban J connectivity index is 2.98. The molecule has 1 aromatic carbocycles. The summed E-state index contributed by atoms with van der Waals surface area (Å²) in [6.07, 6.45) is 1.84. The van der Waals surface area contributed by atoms with Gasteiger partial charge in [-0.25, -0.2) is 8.78 Å². The Morgan fingerprint density at radius 2 is 1.93 bits per heavy atom. The minimum atomic E-state index is -1.64. The molecular formula is C9H11F2NOS2. The minimum Gasteiger partial charge on any atom is -0.399 e. The molecule has 0 aliphatic carbocycles. The van der Waals surface area contributed by atoms with Crippen LogP contribution in [0.3, 0.4) is 0 Å². The van der Waals surface area contributed by atoms with Crippen molar-refractivity contribution in [1.82, 2.24) is 0 Å². The topological polar surface area (TPSA) is 43.1 Å². The van der Waals surface area contributed by atoms with Crippen molar-refractivity contribution in [2.45, 2.75) is 4.90 Å². The first-order valence-corrected chi connectivity index (χ1v) is 6.89. The third-order valence-electron chi connectivity index (χ3n) is 1.72. The Kier molecular flexibility index (Phi) is 4.53. The molecule has 0 saturated heterocycles. The highest BCUT2D eigenvalue weighted by Crippen LogP contribution is 2.20. The van der Waals surface area contributed by atoms with E-state index in [1.54, 1.807) is 0 Å². The van der Waals surface area contributed by atoms with Gasteiger partial charge < -0.3 is 5.73 Å². The molecule has 1 atom stereocenters. The van der Waals surface area contributed by atoms with Crippen LogP contribution in [0.25, 0.3) is 0 Å². The molecular weight excluding hydrogens is 240 g/mol. The van der Waals surface area contributed by atoms with Crippen LogP contribution >= 0.6 is 11.8 Å². The molecule has 2 nitrogen and oxygen atoms in total. The van der Waals surface area contributed by atoms with E-state index in [2.05, 4.69) is 0 Å². The molecule has 0 amide bonds. The molecule has 0 fully saturated rings. The molecule has 0 aliphatic rings. The van der Waals surface area contributed by atoms with Crippen molar-refractivity contribution in [2.24, 2.45) is 0 Å². The first kappa shape index (κ1) is 12.4. The second kappa shape index (κ2) is 5.46. The fourth-order valence-corrected chi connectivity index (χ4v) is 3.09. The Labute approximate surface area is 93.7 Å². The van der Waals surface area contributed by atoms with E-state index in [1.165, 1.54) is 11.8 Å². The molecule has 0 heterocycles. The fraction of sp³-hybridized carbons (Fsp3) is 0.333. The quantitative estimate of drug-likeness (QED) is 0.833. The van der Waals surface area contributed by atoms with Crippen LogP contribution in [0.2, 0.25) is 0 Å². The second-order valence-electron chi connectivity index (χ2n) is 2.86. The van der Waals surface area contributed by atoms with Gasteiger partial charge in [0.1, 0.15) is 16.5 Å². The smallest absolute Gasteiger partial charge is 0.144 e. The number of rotatable bonds is 4. The Hall–Kier alpha value is -0.620. The molecule has 1 aromatic rings. The SMILES string of the molecule is CSCCS(=O)c1c(F)cc(N)cc1F. The van der Waals surface area contributed by atoms with Gasteiger partial charge in [0.05, 0.1) is 10.8 Å². The van der Waals surface area contributed by atoms with Crippen molar-refractivity contribution in [3.05, 3.63) is 23.8 Å². The van der Waals surface area contributed by atoms with Crippen LogP contribution in [0.1, 0.15) is 0 Å². The lowest BCUT2D eigenvalue weighted by Gasteiger charge is -2.05. The standard InChI is InChI=1S/C9H11F2NOS2/c1-14-2-3-15(13)9-7(10)4-6(12)5-8(9)11/h4-5H,2-3,12H2,1H3. The highest BCUT2D eigenvalue weighted by molar-refractivity contribution is 7.99. The van der Waals surface area contributed by atoms with Gasteiger partial charge in [-0.15, -0.1) is 0 Å². The lowest BCUT2D eigenvalue weighted by molar-refractivity contribution is 0.536. The lowest BCUT2D eigenvalue weighted by atomic mass is 10.3. The van der Waals surface area contributed by atoms with E-state index in [9.17, 15) is 13.0 Å². The van der Waals surface area contributed by atoms with Crippen molar-refractivity contribution in [1.29, 1.82) is 0 Å². The molecule has 0 aromatic heterocycles. The van der Waals surface area contributed by atoms with Crippen molar-refractivity contribution < 1.29 is 13.0 Å². The normalized spacial score (nSPS) is 12.7. The maximum absolute atomic E-state index is 13.3. The summed E-state index contributed by atoms with van der Waals surface area (Å²) in [4.78, 5) is -0.377. The van der Waals surface area contributed by atoms with Gasteiger partial charge in [0, 0.05) is 17.2 Å². The van der Waals surface area contributed by atoms with Crippen LogP contribution in [-0.4, -0.2) is 22.0 Å². The molecule has 15 heavy (non-hydrogen) atoms. The third kappa shape index (κ3) is 3.17. The maximum atomic E-state index is 13.3. The van der Waals surface area contributed by atoms with Crippen LogP contribution in [0.15, 0.2) is 17.0 Å². The zero-order valence-electron chi connectivity index (χ0n) is 8.13. The number of nitrogens with two attached hydrogens (primary N) is 1. The summed E-state index contributed by atoms with van der Waals surface area (Å²) in [6.45, 7) is 0. The average Bonchev–Trinajstić information content (AvgIpc) is 2.12. The molecule has 2 N–H and O–H groups in total. The maximum Gasteiger partial charge on any atom is 0.144 e. The molecule has 1 rings (SSSR count). The lowest BCUT2D eigenvalue weighted by Crippen LogP contribution is -2.06. The van der Waals surface area contributed by atoms with E-state index in [1.807, 2.05) is 6.26 Å². The van der Waals surface area contributed by atoms with Crippen LogP contribution < -0.4 is 5.73 Å². The summed E-state index contributed by atoms with van der Waals surface area (Å²) >= 11 is 1.48. The zero-order chi connectivity index (χ0) is 11.4. The van der Waals surface area contributed by atoms with Gasteiger partial charge in [0.2, 0.25) is 0 Å². The summed E-state index contributed by atoms with van der Waals surface area (Å²) in [5.74, 6) is -0.853. The molecule has 0 aliphatic heterocycles. The first-order chi connectivity index (χ1) is 7.06. The summed E-state index contributed by atoms with van der Waals surface area (Å²) in [5, 5.41) is 0. The van der Waals surface area contributed by atoms with Crippen molar-refractivity contribution >= 4 is 28.2 Å². The number of halogens is 2. The summed E-state index contributed by atoms with van der Waals surface area (Å²) in [5.41, 5.74) is 5.24. The van der Waals surface area contributed by atoms with E-state index >= 15 is 0 Å². The Bertz CT molecular complexity index is 361. The first-order valence-electron chi connectivity index (χ1n) is 4.18. The van der Waals surface area contributed by atoms with Gasteiger partial charge in [0.25, 0.3) is 0 Å². The van der Waals surface area contributed by atoms with Crippen LogP contribution in [-0.2, 0) is 10.8 Å². The average molecular weight is 251 g/mol. The fourth-order valence-electron chi connectivity index (χ4n) is 1.06. The Morgan fingerprint density at radius 1 is 1.40 bits per heavy atom. The molecule has 1 unspecified atom stereocenters. The van der Waals surface area contributed by atoms with Gasteiger partial charge in [-0.1, -0.05) is 0 Å². The summed E-state index contributed by atoms with van der Waals surface area (Å²) in [7, 11) is -1.64. The summed E-state index contributed by atoms with van der Waals surface area (Å²) in [6, 6.07) is 1.96. The zero-order valence-corrected chi connectivity index (χ0v) is 9.76. The third-order valence-corrected chi connectivity index (χ3v) is 4.01. The highest BCUT2D eigenvalue weighted by atomic mass is 32.2. The molecule has 0 spiro atoms. The van der Waals surface area contributed by atoms with Gasteiger partial charge in [0.15, 0.2) is 0 Å². The van der Waals surface area contributed by atoms with Crippen molar-refractivity contribution in [3.8, 4) is 0 Å². The second-order valence-corrected chi connectivity index (χ2v) is 5.35. The van der Waals surface area contributed by atoms with E-state index in [4.69, 9.17) is 5.73 Å². The Morgan fingerprint density at radius 3 is 2.40 bits per heavy atom. The van der Waals surface area contributed by atoms with Crippen molar-refractivity contribution in [2.75, 3.05) is 23.5 Å². The van der Waals surface area contributed by atoms with Gasteiger partial charge in [-0.3, -0.25) is 4.21 Å². The summed E-state index contributed by atoms with van der Waals surface area (Å²) < 4.78 is 38.1. The number of nitrogen functional groups attached to an aromatic ring is 1. The van der Waals surface area contributed by atoms with Crippen LogP contribution in [0.4, 0.5) is 14.5 Å². The van der Waals surface area contributed by atoms with E-state index in [-0.39, 0.29) is 16.3 Å². The highest BCUT2D eigenvalue weighted by Gasteiger charge is 2.16. The number of anilines is 1. The van der Waals surface area contributed by atoms with Crippen LogP contribution in [0.5, 0.6) is 0 Å². The molecule has 84 valence electrons.